The first-order chi connectivity index (χ1) is 7.25. The van der Waals surface area contributed by atoms with Gasteiger partial charge in [0, 0.05) is 11.1 Å². The Balaban J connectivity index is 0.00000128. The lowest BCUT2D eigenvalue weighted by molar-refractivity contribution is -0.118. The number of aryl methyl sites for hydroxylation is 1. The van der Waals surface area contributed by atoms with E-state index in [1.165, 1.54) is 17.8 Å². The summed E-state index contributed by atoms with van der Waals surface area (Å²) in [6, 6.07) is -0.0389. The maximum absolute atomic E-state index is 11.8. The van der Waals surface area contributed by atoms with Crippen LogP contribution in [-0.2, 0) is 4.79 Å². The second kappa shape index (κ2) is 6.18. The van der Waals surface area contributed by atoms with Gasteiger partial charge < -0.3 is 10.6 Å². The Bertz CT molecular complexity index is 350. The number of hydrogen-bond acceptors (Lipinski definition) is 4. The van der Waals surface area contributed by atoms with Gasteiger partial charge in [0.25, 0.3) is 0 Å². The molecular formula is C10H16ClN3OS. The second-order valence-electron chi connectivity index (χ2n) is 3.77. The third-order valence-corrected chi connectivity index (χ3v) is 3.31. The second-order valence-corrected chi connectivity index (χ2v) is 5.00. The molecule has 0 bridgehead atoms. The molecule has 1 amide bonds. The molecule has 1 aliphatic rings. The number of nitrogens with one attached hydrogen (secondary N) is 2. The zero-order valence-electron chi connectivity index (χ0n) is 9.16. The summed E-state index contributed by atoms with van der Waals surface area (Å²) in [6.07, 6.45) is 4.99. The first-order valence-electron chi connectivity index (χ1n) is 5.22. The molecule has 0 saturated carbocycles. The van der Waals surface area contributed by atoms with Crippen LogP contribution in [0, 0.1) is 6.92 Å². The van der Waals surface area contributed by atoms with E-state index in [4.69, 9.17) is 0 Å². The van der Waals surface area contributed by atoms with Crippen LogP contribution in [0.25, 0.3) is 0 Å². The predicted molar refractivity (Wildman–Crippen MR) is 68.4 cm³/mol. The van der Waals surface area contributed by atoms with Crippen LogP contribution in [0.1, 0.15) is 24.1 Å². The molecule has 16 heavy (non-hydrogen) atoms. The molecule has 1 saturated heterocycles. The van der Waals surface area contributed by atoms with Crippen molar-refractivity contribution in [1.82, 2.24) is 10.3 Å². The summed E-state index contributed by atoms with van der Waals surface area (Å²) in [5.41, 5.74) is 0. The highest BCUT2D eigenvalue weighted by molar-refractivity contribution is 7.15. The maximum Gasteiger partial charge on any atom is 0.243 e. The van der Waals surface area contributed by atoms with Crippen molar-refractivity contribution >= 4 is 34.8 Å². The number of carbonyl (C=O) groups is 1. The number of thiazole rings is 1. The fourth-order valence-electron chi connectivity index (χ4n) is 1.68. The lowest BCUT2D eigenvalue weighted by atomic mass is 10.0. The lowest BCUT2D eigenvalue weighted by Crippen LogP contribution is -2.43. The molecule has 1 aromatic rings. The summed E-state index contributed by atoms with van der Waals surface area (Å²) in [4.78, 5) is 17.0. The normalized spacial score (nSPS) is 19.9. The molecule has 0 aromatic carbocycles. The van der Waals surface area contributed by atoms with Gasteiger partial charge in [0.15, 0.2) is 5.13 Å². The van der Waals surface area contributed by atoms with Crippen LogP contribution in [0.4, 0.5) is 5.13 Å². The van der Waals surface area contributed by atoms with Gasteiger partial charge in [-0.1, -0.05) is 6.42 Å². The molecule has 2 N–H and O–H groups in total. The van der Waals surface area contributed by atoms with Crippen LogP contribution in [0.15, 0.2) is 6.20 Å². The number of hydrogen-bond donors (Lipinski definition) is 2. The molecule has 2 rings (SSSR count). The number of carbonyl (C=O) groups excluding carboxylic acids is 1. The number of halogens is 1. The molecule has 0 radical (unpaired) electrons. The van der Waals surface area contributed by atoms with E-state index in [0.717, 1.165) is 24.3 Å². The summed E-state index contributed by atoms with van der Waals surface area (Å²) >= 11 is 1.51. The Morgan fingerprint density at radius 3 is 3.00 bits per heavy atom. The van der Waals surface area contributed by atoms with Crippen LogP contribution in [0.5, 0.6) is 0 Å². The minimum absolute atomic E-state index is 0. The molecule has 90 valence electrons. The fourth-order valence-corrected chi connectivity index (χ4v) is 2.35. The Morgan fingerprint density at radius 2 is 2.44 bits per heavy atom. The molecule has 0 unspecified atom stereocenters. The average Bonchev–Trinajstić information content (AvgIpc) is 2.65. The first kappa shape index (κ1) is 13.4. The van der Waals surface area contributed by atoms with E-state index in [1.54, 1.807) is 6.20 Å². The smallest absolute Gasteiger partial charge is 0.243 e. The molecule has 6 heteroatoms. The van der Waals surface area contributed by atoms with E-state index < -0.39 is 0 Å². The van der Waals surface area contributed by atoms with E-state index in [0.29, 0.717) is 5.13 Å². The highest BCUT2D eigenvalue weighted by Gasteiger charge is 2.20. The summed E-state index contributed by atoms with van der Waals surface area (Å²) in [7, 11) is 0. The van der Waals surface area contributed by atoms with E-state index in [9.17, 15) is 4.79 Å². The molecule has 1 fully saturated rings. The van der Waals surface area contributed by atoms with E-state index in [-0.39, 0.29) is 24.4 Å². The van der Waals surface area contributed by atoms with Crippen LogP contribution in [0.2, 0.25) is 0 Å². The van der Waals surface area contributed by atoms with Gasteiger partial charge in [-0.25, -0.2) is 4.98 Å². The van der Waals surface area contributed by atoms with Gasteiger partial charge in [-0.3, -0.25) is 4.79 Å². The largest absolute Gasteiger partial charge is 0.306 e. The molecule has 0 aliphatic carbocycles. The van der Waals surface area contributed by atoms with E-state index >= 15 is 0 Å². The SMILES string of the molecule is Cc1cnc(NC(=O)[C@H]2CCCCN2)s1.Cl. The van der Waals surface area contributed by atoms with Crippen molar-refractivity contribution < 1.29 is 4.79 Å². The molecular weight excluding hydrogens is 246 g/mol. The van der Waals surface area contributed by atoms with Crippen molar-refractivity contribution in [3.63, 3.8) is 0 Å². The zero-order valence-corrected chi connectivity index (χ0v) is 10.8. The first-order valence-corrected chi connectivity index (χ1v) is 6.04. The van der Waals surface area contributed by atoms with Crippen LogP contribution in [-0.4, -0.2) is 23.5 Å². The molecule has 1 aliphatic heterocycles. The Morgan fingerprint density at radius 1 is 1.62 bits per heavy atom. The average molecular weight is 262 g/mol. The molecule has 1 aromatic heterocycles. The minimum Gasteiger partial charge on any atom is -0.306 e. The Labute approximate surface area is 105 Å². The van der Waals surface area contributed by atoms with Crippen molar-refractivity contribution in [1.29, 1.82) is 0 Å². The summed E-state index contributed by atoms with van der Waals surface area (Å²) in [5.74, 6) is 0.0454. The number of aromatic nitrogens is 1. The summed E-state index contributed by atoms with van der Waals surface area (Å²) < 4.78 is 0. The van der Waals surface area contributed by atoms with Crippen LogP contribution < -0.4 is 10.6 Å². The highest BCUT2D eigenvalue weighted by atomic mass is 35.5. The topological polar surface area (TPSA) is 54.0 Å². The number of anilines is 1. The number of nitrogens with zero attached hydrogens (tertiary/aromatic N) is 1. The van der Waals surface area contributed by atoms with Gasteiger partial charge >= 0.3 is 0 Å². The lowest BCUT2D eigenvalue weighted by Gasteiger charge is -2.21. The fraction of sp³-hybridized carbons (Fsp3) is 0.600. The third kappa shape index (κ3) is 3.43. The standard InChI is InChI=1S/C10H15N3OS.ClH/c1-7-6-12-10(15-7)13-9(14)8-4-2-3-5-11-8;/h6,8,11H,2-5H2,1H3,(H,12,13,14);1H/t8-;/m1./s1. The van der Waals surface area contributed by atoms with Crippen molar-refractivity contribution in [3.8, 4) is 0 Å². The quantitative estimate of drug-likeness (QED) is 0.856. The van der Waals surface area contributed by atoms with Crippen molar-refractivity contribution in [2.45, 2.75) is 32.2 Å². The number of piperidine rings is 1. The van der Waals surface area contributed by atoms with Gasteiger partial charge in [-0.15, -0.1) is 23.7 Å². The molecule has 4 nitrogen and oxygen atoms in total. The van der Waals surface area contributed by atoms with Gasteiger partial charge in [0.05, 0.1) is 6.04 Å². The van der Waals surface area contributed by atoms with Crippen LogP contribution >= 0.6 is 23.7 Å². The van der Waals surface area contributed by atoms with Crippen molar-refractivity contribution in [2.75, 3.05) is 11.9 Å². The molecule has 0 spiro atoms. The van der Waals surface area contributed by atoms with E-state index in [1.807, 2.05) is 6.92 Å². The Kier molecular flexibility index (Phi) is 5.18. The van der Waals surface area contributed by atoms with E-state index in [2.05, 4.69) is 15.6 Å². The number of amides is 1. The van der Waals surface area contributed by atoms with Gasteiger partial charge in [0.1, 0.15) is 0 Å². The van der Waals surface area contributed by atoms with Gasteiger partial charge in [0.2, 0.25) is 5.91 Å². The summed E-state index contributed by atoms with van der Waals surface area (Å²) in [5, 5.41) is 6.75. The van der Waals surface area contributed by atoms with Gasteiger partial charge in [-0.2, -0.15) is 0 Å². The van der Waals surface area contributed by atoms with Crippen LogP contribution in [0.3, 0.4) is 0 Å². The highest BCUT2D eigenvalue weighted by Crippen LogP contribution is 2.17. The monoisotopic (exact) mass is 261 g/mol. The number of rotatable bonds is 2. The minimum atomic E-state index is -0.0389. The maximum atomic E-state index is 11.8. The Hall–Kier alpha value is -0.650. The predicted octanol–water partition coefficient (Wildman–Crippen LogP) is 1.95. The van der Waals surface area contributed by atoms with Crippen molar-refractivity contribution in [2.24, 2.45) is 0 Å². The summed E-state index contributed by atoms with van der Waals surface area (Å²) in [6.45, 7) is 2.92. The van der Waals surface area contributed by atoms with Gasteiger partial charge in [-0.05, 0) is 26.3 Å². The molecule has 1 atom stereocenters. The zero-order chi connectivity index (χ0) is 10.7. The van der Waals surface area contributed by atoms with Crippen molar-refractivity contribution in [3.05, 3.63) is 11.1 Å². The third-order valence-electron chi connectivity index (χ3n) is 2.48. The molecule has 2 heterocycles.